The first-order chi connectivity index (χ1) is 9.67. The number of carbonyl (C=O) groups is 2. The molecule has 2 N–H and O–H groups in total. The lowest BCUT2D eigenvalue weighted by molar-refractivity contribution is -0.121. The Bertz CT molecular complexity index is 562. The van der Waals surface area contributed by atoms with E-state index in [0.29, 0.717) is 16.3 Å². The molecule has 2 amide bonds. The highest BCUT2D eigenvalue weighted by atomic mass is 35.5. The van der Waals surface area contributed by atoms with Crippen LogP contribution in [0.5, 0.6) is 0 Å². The van der Waals surface area contributed by atoms with E-state index in [4.69, 9.17) is 11.6 Å². The van der Waals surface area contributed by atoms with Crippen molar-refractivity contribution in [3.63, 3.8) is 0 Å². The SMILES string of the molecule is C/C(CC(=O)NC(C)(C)C)=N/NC(=O)c1cccc(Cl)c1. The predicted molar refractivity (Wildman–Crippen MR) is 84.5 cm³/mol. The van der Waals surface area contributed by atoms with Crippen LogP contribution < -0.4 is 10.7 Å². The Morgan fingerprint density at radius 1 is 1.29 bits per heavy atom. The lowest BCUT2D eigenvalue weighted by Gasteiger charge is -2.20. The van der Waals surface area contributed by atoms with Gasteiger partial charge in [0, 0.05) is 21.8 Å². The molecule has 0 unspecified atom stereocenters. The quantitative estimate of drug-likeness (QED) is 0.663. The molecule has 5 nitrogen and oxygen atoms in total. The monoisotopic (exact) mass is 309 g/mol. The molecule has 114 valence electrons. The molecule has 0 heterocycles. The zero-order valence-electron chi connectivity index (χ0n) is 12.7. The summed E-state index contributed by atoms with van der Waals surface area (Å²) < 4.78 is 0. The topological polar surface area (TPSA) is 70.6 Å². The van der Waals surface area contributed by atoms with E-state index in [-0.39, 0.29) is 23.8 Å². The van der Waals surface area contributed by atoms with Gasteiger partial charge in [-0.2, -0.15) is 5.10 Å². The van der Waals surface area contributed by atoms with Gasteiger partial charge in [-0.15, -0.1) is 0 Å². The van der Waals surface area contributed by atoms with E-state index in [2.05, 4.69) is 15.8 Å². The van der Waals surface area contributed by atoms with E-state index in [0.717, 1.165) is 0 Å². The summed E-state index contributed by atoms with van der Waals surface area (Å²) in [6, 6.07) is 6.56. The van der Waals surface area contributed by atoms with Crippen LogP contribution in [0.25, 0.3) is 0 Å². The molecule has 0 aliphatic rings. The van der Waals surface area contributed by atoms with E-state index in [1.165, 1.54) is 0 Å². The molecule has 0 bridgehead atoms. The van der Waals surface area contributed by atoms with E-state index in [1.807, 2.05) is 20.8 Å². The minimum absolute atomic E-state index is 0.132. The minimum Gasteiger partial charge on any atom is -0.351 e. The molecule has 21 heavy (non-hydrogen) atoms. The van der Waals surface area contributed by atoms with E-state index < -0.39 is 0 Å². The van der Waals surface area contributed by atoms with Gasteiger partial charge in [-0.25, -0.2) is 5.43 Å². The molecule has 0 atom stereocenters. The molecule has 0 saturated heterocycles. The standard InChI is InChI=1S/C15H20ClN3O2/c1-10(8-13(20)17-15(2,3)4)18-19-14(21)11-6-5-7-12(16)9-11/h5-7,9H,8H2,1-4H3,(H,17,20)(H,19,21)/b18-10-. The van der Waals surface area contributed by atoms with Crippen molar-refractivity contribution in [2.75, 3.05) is 0 Å². The van der Waals surface area contributed by atoms with Gasteiger partial charge in [0.25, 0.3) is 5.91 Å². The normalized spacial score (nSPS) is 12.0. The lowest BCUT2D eigenvalue weighted by Crippen LogP contribution is -2.41. The zero-order valence-corrected chi connectivity index (χ0v) is 13.4. The van der Waals surface area contributed by atoms with Gasteiger partial charge < -0.3 is 5.32 Å². The second kappa shape index (κ2) is 7.22. The summed E-state index contributed by atoms with van der Waals surface area (Å²) in [4.78, 5) is 23.5. The first-order valence-corrected chi connectivity index (χ1v) is 6.95. The van der Waals surface area contributed by atoms with Crippen molar-refractivity contribution >= 4 is 29.1 Å². The van der Waals surface area contributed by atoms with Gasteiger partial charge in [0.1, 0.15) is 0 Å². The fourth-order valence-electron chi connectivity index (χ4n) is 1.57. The summed E-state index contributed by atoms with van der Waals surface area (Å²) >= 11 is 5.81. The maximum atomic E-state index is 11.8. The van der Waals surface area contributed by atoms with Crippen molar-refractivity contribution in [1.29, 1.82) is 0 Å². The van der Waals surface area contributed by atoms with Crippen LogP contribution in [0.2, 0.25) is 5.02 Å². The smallest absolute Gasteiger partial charge is 0.271 e. The van der Waals surface area contributed by atoms with Crippen LogP contribution in [0.1, 0.15) is 44.5 Å². The van der Waals surface area contributed by atoms with Crippen molar-refractivity contribution in [2.24, 2.45) is 5.10 Å². The van der Waals surface area contributed by atoms with Gasteiger partial charge in [-0.1, -0.05) is 17.7 Å². The maximum Gasteiger partial charge on any atom is 0.271 e. The molecule has 0 aliphatic heterocycles. The van der Waals surface area contributed by atoms with Crippen LogP contribution in [0.15, 0.2) is 29.4 Å². The van der Waals surface area contributed by atoms with Crippen molar-refractivity contribution in [2.45, 2.75) is 39.7 Å². The fraction of sp³-hybridized carbons (Fsp3) is 0.400. The van der Waals surface area contributed by atoms with Gasteiger partial charge in [-0.3, -0.25) is 9.59 Å². The summed E-state index contributed by atoms with van der Waals surface area (Å²) in [7, 11) is 0. The Kier molecular flexibility index (Phi) is 5.90. The van der Waals surface area contributed by atoms with E-state index in [1.54, 1.807) is 31.2 Å². The largest absolute Gasteiger partial charge is 0.351 e. The minimum atomic E-state index is -0.368. The number of rotatable bonds is 4. The van der Waals surface area contributed by atoms with Gasteiger partial charge in [0.15, 0.2) is 0 Å². The number of halogens is 1. The Labute approximate surface area is 129 Å². The van der Waals surface area contributed by atoms with Crippen molar-refractivity contribution in [1.82, 2.24) is 10.7 Å². The average molecular weight is 310 g/mol. The van der Waals surface area contributed by atoms with Crippen molar-refractivity contribution in [3.8, 4) is 0 Å². The third-order valence-corrected chi connectivity index (χ3v) is 2.60. The molecular formula is C15H20ClN3O2. The third-order valence-electron chi connectivity index (χ3n) is 2.37. The van der Waals surface area contributed by atoms with Gasteiger partial charge in [-0.05, 0) is 45.9 Å². The van der Waals surface area contributed by atoms with Crippen LogP contribution in [-0.2, 0) is 4.79 Å². The molecule has 1 rings (SSSR count). The summed E-state index contributed by atoms with van der Waals surface area (Å²) in [5.41, 5.74) is 3.05. The number of amides is 2. The highest BCUT2D eigenvalue weighted by molar-refractivity contribution is 6.30. The fourth-order valence-corrected chi connectivity index (χ4v) is 1.77. The number of hydrazone groups is 1. The van der Waals surface area contributed by atoms with Gasteiger partial charge in [0.2, 0.25) is 5.91 Å². The summed E-state index contributed by atoms with van der Waals surface area (Å²) in [5, 5.41) is 7.22. The molecule has 1 aromatic rings. The van der Waals surface area contributed by atoms with Crippen LogP contribution in [-0.4, -0.2) is 23.1 Å². The Morgan fingerprint density at radius 3 is 2.52 bits per heavy atom. The van der Waals surface area contributed by atoms with Crippen LogP contribution in [0.4, 0.5) is 0 Å². The molecule has 1 aromatic carbocycles. The Morgan fingerprint density at radius 2 is 1.95 bits per heavy atom. The Hall–Kier alpha value is -1.88. The van der Waals surface area contributed by atoms with Crippen molar-refractivity contribution < 1.29 is 9.59 Å². The lowest BCUT2D eigenvalue weighted by atomic mass is 10.1. The molecule has 0 spiro atoms. The van der Waals surface area contributed by atoms with Gasteiger partial charge in [0.05, 0.1) is 6.42 Å². The molecular weight excluding hydrogens is 290 g/mol. The maximum absolute atomic E-state index is 11.8. The average Bonchev–Trinajstić information content (AvgIpc) is 2.33. The molecule has 0 aliphatic carbocycles. The highest BCUT2D eigenvalue weighted by Crippen LogP contribution is 2.10. The van der Waals surface area contributed by atoms with E-state index in [9.17, 15) is 9.59 Å². The first kappa shape index (κ1) is 17.2. The number of nitrogens with one attached hydrogen (secondary N) is 2. The van der Waals surface area contributed by atoms with Gasteiger partial charge >= 0.3 is 0 Å². The number of nitrogens with zero attached hydrogens (tertiary/aromatic N) is 1. The van der Waals surface area contributed by atoms with Crippen molar-refractivity contribution in [3.05, 3.63) is 34.9 Å². The zero-order chi connectivity index (χ0) is 16.0. The number of benzene rings is 1. The van der Waals surface area contributed by atoms with E-state index >= 15 is 0 Å². The molecule has 0 aromatic heterocycles. The summed E-state index contributed by atoms with van der Waals surface area (Å²) in [6.45, 7) is 7.38. The van der Waals surface area contributed by atoms with Crippen LogP contribution >= 0.6 is 11.6 Å². The summed E-state index contributed by atoms with van der Waals surface area (Å²) in [5.74, 6) is -0.506. The first-order valence-electron chi connectivity index (χ1n) is 6.57. The predicted octanol–water partition coefficient (Wildman–Crippen LogP) is 2.75. The van der Waals surface area contributed by atoms with Crippen LogP contribution in [0, 0.1) is 0 Å². The molecule has 0 saturated carbocycles. The highest BCUT2D eigenvalue weighted by Gasteiger charge is 2.14. The second-order valence-electron chi connectivity index (χ2n) is 5.77. The number of hydrogen-bond acceptors (Lipinski definition) is 3. The Balaban J connectivity index is 2.56. The molecule has 6 heteroatoms. The second-order valence-corrected chi connectivity index (χ2v) is 6.21. The molecule has 0 fully saturated rings. The number of carbonyl (C=O) groups excluding carboxylic acids is 2. The molecule has 0 radical (unpaired) electrons. The number of hydrogen-bond donors (Lipinski definition) is 2. The third kappa shape index (κ3) is 6.90. The summed E-state index contributed by atoms with van der Waals surface area (Å²) in [6.07, 6.45) is 0.132. The van der Waals surface area contributed by atoms with Crippen LogP contribution in [0.3, 0.4) is 0 Å².